The molecular weight excluding hydrogens is 350 g/mol. The number of halogens is 1. The van der Waals surface area contributed by atoms with E-state index in [4.69, 9.17) is 16.3 Å². The van der Waals surface area contributed by atoms with E-state index >= 15 is 0 Å². The molecule has 5 nitrogen and oxygen atoms in total. The fourth-order valence-electron chi connectivity index (χ4n) is 2.44. The first-order valence-corrected chi connectivity index (χ1v) is 8.41. The molecule has 132 valence electrons. The Morgan fingerprint density at radius 1 is 1.12 bits per heavy atom. The Morgan fingerprint density at radius 2 is 1.92 bits per heavy atom. The summed E-state index contributed by atoms with van der Waals surface area (Å²) in [4.78, 5) is 18.7. The van der Waals surface area contributed by atoms with E-state index < -0.39 is 0 Å². The topological polar surface area (TPSA) is 54.5 Å². The third-order valence-electron chi connectivity index (χ3n) is 3.75. The average Bonchev–Trinajstić information content (AvgIpc) is 2.67. The lowest BCUT2D eigenvalue weighted by Crippen LogP contribution is -2.35. The van der Waals surface area contributed by atoms with Crippen LogP contribution in [0.15, 0.2) is 72.9 Å². The smallest absolute Gasteiger partial charge is 0.327 e. The molecule has 6 heteroatoms. The molecule has 0 fully saturated rings. The number of carbonyl (C=O) groups is 1. The summed E-state index contributed by atoms with van der Waals surface area (Å²) in [6.07, 6.45) is 1.66. The number of anilines is 2. The molecule has 1 heterocycles. The van der Waals surface area contributed by atoms with E-state index in [2.05, 4.69) is 10.3 Å². The zero-order valence-corrected chi connectivity index (χ0v) is 15.0. The van der Waals surface area contributed by atoms with Gasteiger partial charge in [0.1, 0.15) is 11.6 Å². The van der Waals surface area contributed by atoms with E-state index in [0.717, 1.165) is 11.3 Å². The molecule has 3 aromatic rings. The molecule has 1 N–H and O–H groups in total. The Labute approximate surface area is 157 Å². The number of benzene rings is 2. The molecule has 0 atom stereocenters. The van der Waals surface area contributed by atoms with Crippen molar-refractivity contribution in [2.24, 2.45) is 0 Å². The number of aromatic nitrogens is 1. The molecule has 26 heavy (non-hydrogen) atoms. The van der Waals surface area contributed by atoms with Gasteiger partial charge in [0.2, 0.25) is 0 Å². The van der Waals surface area contributed by atoms with Crippen molar-refractivity contribution in [3.8, 4) is 5.75 Å². The van der Waals surface area contributed by atoms with E-state index in [0.29, 0.717) is 23.1 Å². The normalized spacial score (nSPS) is 10.2. The van der Waals surface area contributed by atoms with Gasteiger partial charge in [-0.15, -0.1) is 0 Å². The lowest BCUT2D eigenvalue weighted by molar-refractivity contribution is 0.256. The van der Waals surface area contributed by atoms with Gasteiger partial charge in [0.25, 0.3) is 0 Å². The van der Waals surface area contributed by atoms with Gasteiger partial charge < -0.3 is 10.1 Å². The van der Waals surface area contributed by atoms with Crippen LogP contribution in [0.1, 0.15) is 5.56 Å². The van der Waals surface area contributed by atoms with Crippen LogP contribution < -0.4 is 15.0 Å². The Hall–Kier alpha value is -3.05. The average molecular weight is 368 g/mol. The predicted molar refractivity (Wildman–Crippen MR) is 104 cm³/mol. The Bertz CT molecular complexity index is 870. The number of hydrogen-bond donors (Lipinski definition) is 1. The number of pyridine rings is 1. The highest BCUT2D eigenvalue weighted by molar-refractivity contribution is 6.30. The third-order valence-corrected chi connectivity index (χ3v) is 3.98. The van der Waals surface area contributed by atoms with Crippen LogP contribution in [0.25, 0.3) is 0 Å². The molecule has 0 saturated carbocycles. The van der Waals surface area contributed by atoms with Crippen molar-refractivity contribution in [1.82, 2.24) is 4.98 Å². The fourth-order valence-corrected chi connectivity index (χ4v) is 2.63. The van der Waals surface area contributed by atoms with Gasteiger partial charge in [-0.25, -0.2) is 9.78 Å². The molecule has 0 aliphatic carbocycles. The number of methoxy groups -OCH3 is 1. The number of carbonyl (C=O) groups excluding carboxylic acids is 1. The summed E-state index contributed by atoms with van der Waals surface area (Å²) in [7, 11) is 1.62. The molecule has 0 radical (unpaired) electrons. The molecule has 0 bridgehead atoms. The molecule has 2 amide bonds. The number of amides is 2. The second kappa shape index (κ2) is 8.36. The van der Waals surface area contributed by atoms with Crippen LogP contribution in [0.3, 0.4) is 0 Å². The van der Waals surface area contributed by atoms with Gasteiger partial charge in [0, 0.05) is 16.9 Å². The minimum atomic E-state index is -0.290. The zero-order chi connectivity index (χ0) is 18.4. The highest BCUT2D eigenvalue weighted by atomic mass is 35.5. The molecule has 0 spiro atoms. The molecule has 0 aliphatic heterocycles. The van der Waals surface area contributed by atoms with Gasteiger partial charge in [0.15, 0.2) is 0 Å². The molecule has 1 aromatic heterocycles. The quantitative estimate of drug-likeness (QED) is 0.691. The van der Waals surface area contributed by atoms with Gasteiger partial charge >= 0.3 is 6.03 Å². The van der Waals surface area contributed by atoms with Crippen LogP contribution in [0.2, 0.25) is 5.02 Å². The molecule has 2 aromatic carbocycles. The van der Waals surface area contributed by atoms with E-state index in [1.165, 1.54) is 0 Å². The van der Waals surface area contributed by atoms with Crippen LogP contribution >= 0.6 is 11.6 Å². The molecule has 0 saturated heterocycles. The largest absolute Gasteiger partial charge is 0.497 e. The summed E-state index contributed by atoms with van der Waals surface area (Å²) >= 11 is 5.99. The maximum Gasteiger partial charge on any atom is 0.327 e. The minimum Gasteiger partial charge on any atom is -0.497 e. The first-order chi connectivity index (χ1) is 12.7. The monoisotopic (exact) mass is 367 g/mol. The molecule has 3 rings (SSSR count). The first-order valence-electron chi connectivity index (χ1n) is 8.04. The number of urea groups is 1. The SMILES string of the molecule is COc1ccc(CN(C(=O)Nc2cccc(Cl)c2)c2ccccn2)cc1. The second-order valence-electron chi connectivity index (χ2n) is 5.56. The zero-order valence-electron chi connectivity index (χ0n) is 14.2. The Balaban J connectivity index is 1.84. The number of ether oxygens (including phenoxy) is 1. The first kappa shape index (κ1) is 17.8. The molecule has 0 aliphatic rings. The summed E-state index contributed by atoms with van der Waals surface area (Å²) in [5.41, 5.74) is 1.58. The highest BCUT2D eigenvalue weighted by Crippen LogP contribution is 2.20. The summed E-state index contributed by atoms with van der Waals surface area (Å²) in [5, 5.41) is 3.42. The lowest BCUT2D eigenvalue weighted by atomic mass is 10.2. The van der Waals surface area contributed by atoms with Crippen molar-refractivity contribution >= 4 is 29.1 Å². The highest BCUT2D eigenvalue weighted by Gasteiger charge is 2.17. The van der Waals surface area contributed by atoms with Crippen molar-refractivity contribution in [3.63, 3.8) is 0 Å². The second-order valence-corrected chi connectivity index (χ2v) is 6.00. The maximum absolute atomic E-state index is 12.9. The third kappa shape index (κ3) is 4.52. The van der Waals surface area contributed by atoms with E-state index in [1.54, 1.807) is 48.5 Å². The molecular formula is C20H18ClN3O2. The predicted octanol–water partition coefficient (Wildman–Crippen LogP) is 4.98. The van der Waals surface area contributed by atoms with Gasteiger partial charge in [0.05, 0.1) is 13.7 Å². The van der Waals surface area contributed by atoms with Crippen LogP contribution in [0.4, 0.5) is 16.3 Å². The van der Waals surface area contributed by atoms with Crippen LogP contribution in [0, 0.1) is 0 Å². The summed E-state index contributed by atoms with van der Waals surface area (Å²) < 4.78 is 5.18. The van der Waals surface area contributed by atoms with Crippen molar-refractivity contribution in [1.29, 1.82) is 0 Å². The minimum absolute atomic E-state index is 0.290. The number of hydrogen-bond acceptors (Lipinski definition) is 3. The number of nitrogens with zero attached hydrogens (tertiary/aromatic N) is 2. The van der Waals surface area contributed by atoms with Gasteiger partial charge in [-0.05, 0) is 48.0 Å². The van der Waals surface area contributed by atoms with Gasteiger partial charge in [-0.2, -0.15) is 0 Å². The van der Waals surface area contributed by atoms with E-state index in [9.17, 15) is 4.79 Å². The van der Waals surface area contributed by atoms with Crippen molar-refractivity contribution in [2.75, 3.05) is 17.3 Å². The van der Waals surface area contributed by atoms with Gasteiger partial charge in [-0.3, -0.25) is 4.90 Å². The van der Waals surface area contributed by atoms with Crippen molar-refractivity contribution in [2.45, 2.75) is 6.54 Å². The number of rotatable bonds is 5. The van der Waals surface area contributed by atoms with Gasteiger partial charge in [-0.1, -0.05) is 35.9 Å². The Morgan fingerprint density at radius 3 is 2.58 bits per heavy atom. The fraction of sp³-hybridized carbons (Fsp3) is 0.100. The van der Waals surface area contributed by atoms with Crippen LogP contribution in [0.5, 0.6) is 5.75 Å². The van der Waals surface area contributed by atoms with E-state index in [1.807, 2.05) is 36.4 Å². The maximum atomic E-state index is 12.9. The summed E-state index contributed by atoms with van der Waals surface area (Å²) in [5.74, 6) is 1.32. The summed E-state index contributed by atoms with van der Waals surface area (Å²) in [6.45, 7) is 0.368. The van der Waals surface area contributed by atoms with E-state index in [-0.39, 0.29) is 6.03 Å². The van der Waals surface area contributed by atoms with Crippen LogP contribution in [-0.4, -0.2) is 18.1 Å². The van der Waals surface area contributed by atoms with Crippen molar-refractivity contribution in [3.05, 3.63) is 83.5 Å². The summed E-state index contributed by atoms with van der Waals surface area (Å²) in [6, 6.07) is 19.7. The van der Waals surface area contributed by atoms with Crippen molar-refractivity contribution < 1.29 is 9.53 Å². The molecule has 0 unspecified atom stereocenters. The Kier molecular flexibility index (Phi) is 5.71. The lowest BCUT2D eigenvalue weighted by Gasteiger charge is -2.22. The van der Waals surface area contributed by atoms with Crippen LogP contribution in [-0.2, 0) is 6.54 Å². The number of nitrogens with one attached hydrogen (secondary N) is 1. The standard InChI is InChI=1S/C20H18ClN3O2/c1-26-18-10-8-15(9-11-18)14-24(19-7-2-3-12-22-19)20(25)23-17-6-4-5-16(21)13-17/h2-13H,14H2,1H3,(H,23,25).